The molecule has 0 saturated heterocycles. The summed E-state index contributed by atoms with van der Waals surface area (Å²) in [5.74, 6) is 0.0298. The summed E-state index contributed by atoms with van der Waals surface area (Å²) in [4.78, 5) is 0. The first kappa shape index (κ1) is 16.3. The summed E-state index contributed by atoms with van der Waals surface area (Å²) in [5, 5.41) is 14.5. The molecule has 0 heterocycles. The maximum Gasteiger partial charge on any atom is 0.389 e. The lowest BCUT2D eigenvalue weighted by Crippen LogP contribution is -2.28. The minimum atomic E-state index is -4.14. The van der Waals surface area contributed by atoms with Crippen LogP contribution < -0.4 is 11.1 Å². The van der Waals surface area contributed by atoms with Gasteiger partial charge in [0, 0.05) is 18.9 Å². The van der Waals surface area contributed by atoms with Gasteiger partial charge in [-0.25, -0.2) is 0 Å². The Labute approximate surface area is 115 Å². The lowest BCUT2D eigenvalue weighted by atomic mass is 10.0. The van der Waals surface area contributed by atoms with Crippen molar-refractivity contribution in [3.8, 4) is 0 Å². The molecule has 0 spiro atoms. The van der Waals surface area contributed by atoms with Gasteiger partial charge in [-0.3, -0.25) is 0 Å². The van der Waals surface area contributed by atoms with Crippen molar-refractivity contribution in [1.82, 2.24) is 5.32 Å². The number of halogens is 3. The largest absolute Gasteiger partial charge is 0.409 e. The van der Waals surface area contributed by atoms with Crippen LogP contribution in [0.4, 0.5) is 13.2 Å². The van der Waals surface area contributed by atoms with Crippen molar-refractivity contribution in [3.05, 3.63) is 35.9 Å². The van der Waals surface area contributed by atoms with Gasteiger partial charge in [0.15, 0.2) is 0 Å². The number of amidine groups is 1. The second-order valence-corrected chi connectivity index (χ2v) is 4.43. The number of nitrogens with zero attached hydrogens (tertiary/aromatic N) is 1. The van der Waals surface area contributed by atoms with Gasteiger partial charge in [0.25, 0.3) is 0 Å². The molecular weight excluding hydrogens is 271 g/mol. The molecule has 0 aliphatic carbocycles. The number of nitrogens with two attached hydrogens (primary N) is 1. The molecule has 1 aromatic carbocycles. The van der Waals surface area contributed by atoms with Gasteiger partial charge in [-0.1, -0.05) is 35.5 Å². The monoisotopic (exact) mass is 289 g/mol. The van der Waals surface area contributed by atoms with Crippen molar-refractivity contribution in [1.29, 1.82) is 0 Å². The van der Waals surface area contributed by atoms with E-state index in [0.29, 0.717) is 0 Å². The van der Waals surface area contributed by atoms with Crippen LogP contribution in [0.25, 0.3) is 0 Å². The SMILES string of the molecule is N/C(CC(NCCCC(F)(F)F)c1ccccc1)=N/O. The molecule has 20 heavy (non-hydrogen) atoms. The predicted octanol–water partition coefficient (Wildman–Crippen LogP) is 2.80. The van der Waals surface area contributed by atoms with Gasteiger partial charge in [0.1, 0.15) is 5.84 Å². The lowest BCUT2D eigenvalue weighted by Gasteiger charge is -2.19. The van der Waals surface area contributed by atoms with E-state index in [1.165, 1.54) is 0 Å². The van der Waals surface area contributed by atoms with Crippen LogP contribution in [0, 0.1) is 0 Å². The first-order valence-electron chi connectivity index (χ1n) is 6.24. The number of rotatable bonds is 7. The zero-order valence-corrected chi connectivity index (χ0v) is 10.9. The van der Waals surface area contributed by atoms with Crippen molar-refractivity contribution >= 4 is 5.84 Å². The number of alkyl halides is 3. The van der Waals surface area contributed by atoms with E-state index in [1.54, 1.807) is 0 Å². The third kappa shape index (κ3) is 6.42. The Morgan fingerprint density at radius 1 is 1.30 bits per heavy atom. The average Bonchev–Trinajstić information content (AvgIpc) is 2.41. The molecule has 1 unspecified atom stereocenters. The van der Waals surface area contributed by atoms with Crippen LogP contribution in [0.1, 0.15) is 30.9 Å². The van der Waals surface area contributed by atoms with Crippen LogP contribution in [0.5, 0.6) is 0 Å². The molecule has 0 saturated carbocycles. The molecule has 1 aromatic rings. The zero-order chi connectivity index (χ0) is 15.0. The molecule has 112 valence electrons. The molecule has 0 radical (unpaired) electrons. The summed E-state index contributed by atoms with van der Waals surface area (Å²) >= 11 is 0. The minimum absolute atomic E-state index is 0.0109. The Hall–Kier alpha value is -1.76. The van der Waals surface area contributed by atoms with Crippen LogP contribution in [0.15, 0.2) is 35.5 Å². The molecule has 0 aliphatic rings. The van der Waals surface area contributed by atoms with Crippen LogP contribution in [0.3, 0.4) is 0 Å². The fourth-order valence-corrected chi connectivity index (χ4v) is 1.81. The van der Waals surface area contributed by atoms with E-state index in [2.05, 4.69) is 10.5 Å². The number of benzene rings is 1. The molecule has 1 atom stereocenters. The number of hydrogen-bond donors (Lipinski definition) is 3. The van der Waals surface area contributed by atoms with Crippen LogP contribution in [-0.4, -0.2) is 23.8 Å². The molecule has 0 aliphatic heterocycles. The summed E-state index contributed by atoms with van der Waals surface area (Å²) in [5.41, 5.74) is 6.35. The summed E-state index contributed by atoms with van der Waals surface area (Å²) in [6, 6.07) is 8.89. The highest BCUT2D eigenvalue weighted by Crippen LogP contribution is 2.21. The maximum atomic E-state index is 12.1. The van der Waals surface area contributed by atoms with Crippen LogP contribution >= 0.6 is 0 Å². The van der Waals surface area contributed by atoms with Crippen molar-refractivity contribution in [2.24, 2.45) is 10.9 Å². The highest BCUT2D eigenvalue weighted by molar-refractivity contribution is 5.80. The Morgan fingerprint density at radius 2 is 1.95 bits per heavy atom. The predicted molar refractivity (Wildman–Crippen MR) is 70.5 cm³/mol. The van der Waals surface area contributed by atoms with Crippen LogP contribution in [0.2, 0.25) is 0 Å². The van der Waals surface area contributed by atoms with Crippen molar-refractivity contribution in [3.63, 3.8) is 0 Å². The molecule has 0 aromatic heterocycles. The highest BCUT2D eigenvalue weighted by Gasteiger charge is 2.26. The second kappa shape index (κ2) is 7.74. The van der Waals surface area contributed by atoms with Crippen molar-refractivity contribution in [2.45, 2.75) is 31.5 Å². The zero-order valence-electron chi connectivity index (χ0n) is 10.9. The molecule has 7 heteroatoms. The van der Waals surface area contributed by atoms with E-state index < -0.39 is 12.6 Å². The van der Waals surface area contributed by atoms with Gasteiger partial charge in [0.05, 0.1) is 0 Å². The summed E-state index contributed by atoms with van der Waals surface area (Å²) < 4.78 is 36.2. The van der Waals surface area contributed by atoms with Gasteiger partial charge >= 0.3 is 6.18 Å². The van der Waals surface area contributed by atoms with Crippen LogP contribution in [-0.2, 0) is 0 Å². The van der Waals surface area contributed by atoms with E-state index in [4.69, 9.17) is 10.9 Å². The first-order valence-corrected chi connectivity index (χ1v) is 6.24. The van der Waals surface area contributed by atoms with Crippen molar-refractivity contribution < 1.29 is 18.4 Å². The number of hydrogen-bond acceptors (Lipinski definition) is 3. The number of nitrogens with one attached hydrogen (secondary N) is 1. The van der Waals surface area contributed by atoms with Gasteiger partial charge in [0.2, 0.25) is 0 Å². The smallest absolute Gasteiger partial charge is 0.389 e. The molecule has 4 N–H and O–H groups in total. The Kier molecular flexibility index (Phi) is 6.30. The molecular formula is C13H18F3N3O. The topological polar surface area (TPSA) is 70.6 Å². The fraction of sp³-hybridized carbons (Fsp3) is 0.462. The summed E-state index contributed by atoms with van der Waals surface area (Å²) in [6.45, 7) is 0.206. The summed E-state index contributed by atoms with van der Waals surface area (Å²) in [6.07, 6.45) is -4.75. The Morgan fingerprint density at radius 3 is 2.50 bits per heavy atom. The normalized spacial score (nSPS) is 14.2. The van der Waals surface area contributed by atoms with E-state index in [1.807, 2.05) is 30.3 Å². The molecule has 4 nitrogen and oxygen atoms in total. The molecule has 0 amide bonds. The lowest BCUT2D eigenvalue weighted by molar-refractivity contribution is -0.135. The molecule has 1 rings (SSSR count). The average molecular weight is 289 g/mol. The second-order valence-electron chi connectivity index (χ2n) is 4.43. The Bertz CT molecular complexity index is 421. The van der Waals surface area contributed by atoms with Gasteiger partial charge < -0.3 is 16.3 Å². The molecule has 0 bridgehead atoms. The van der Waals surface area contributed by atoms with E-state index in [-0.39, 0.29) is 31.3 Å². The van der Waals surface area contributed by atoms with Gasteiger partial charge in [-0.05, 0) is 18.5 Å². The Balaban J connectivity index is 2.56. The highest BCUT2D eigenvalue weighted by atomic mass is 19.4. The van der Waals surface area contributed by atoms with E-state index >= 15 is 0 Å². The first-order chi connectivity index (χ1) is 9.42. The van der Waals surface area contributed by atoms with Gasteiger partial charge in [-0.2, -0.15) is 13.2 Å². The van der Waals surface area contributed by atoms with E-state index in [0.717, 1.165) is 5.56 Å². The van der Waals surface area contributed by atoms with E-state index in [9.17, 15) is 13.2 Å². The molecule has 0 fully saturated rings. The third-order valence-corrected chi connectivity index (χ3v) is 2.77. The standard InChI is InChI=1S/C13H18F3N3O/c14-13(15,16)7-4-8-18-11(9-12(17)19-20)10-5-2-1-3-6-10/h1-3,5-6,11,18,20H,4,7-9H2,(H2,17,19). The number of oxime groups is 1. The maximum absolute atomic E-state index is 12.1. The minimum Gasteiger partial charge on any atom is -0.409 e. The fourth-order valence-electron chi connectivity index (χ4n) is 1.81. The van der Waals surface area contributed by atoms with Crippen molar-refractivity contribution in [2.75, 3.05) is 6.54 Å². The quantitative estimate of drug-likeness (QED) is 0.238. The third-order valence-electron chi connectivity index (χ3n) is 2.77. The summed E-state index contributed by atoms with van der Waals surface area (Å²) in [7, 11) is 0. The van der Waals surface area contributed by atoms with Gasteiger partial charge in [-0.15, -0.1) is 0 Å².